The van der Waals surface area contributed by atoms with Crippen LogP contribution in [0.1, 0.15) is 56.7 Å². The molecule has 0 aliphatic carbocycles. The fourth-order valence-corrected chi connectivity index (χ4v) is 5.02. The van der Waals surface area contributed by atoms with Gasteiger partial charge in [-0.25, -0.2) is 8.42 Å². The standard InChI is InChI=1S/C28H41N3O5S/c1-8-22(4)29-28(33)23(5)30(19-24-11-13-26(36-6)14-12-24)27(32)10-9-15-31(37(7,34)35)25-17-20(2)16-21(3)18-25/h11-14,16-18,22-23H,8-10,15,19H2,1-7H3,(H,29,33)/t22-,23-/m0/s1. The van der Waals surface area contributed by atoms with E-state index in [-0.39, 0.29) is 37.4 Å². The highest BCUT2D eigenvalue weighted by molar-refractivity contribution is 7.92. The number of sulfonamides is 1. The number of nitrogens with zero attached hydrogens (tertiary/aromatic N) is 2. The topological polar surface area (TPSA) is 96.0 Å². The second-order valence-electron chi connectivity index (χ2n) is 9.65. The fraction of sp³-hybridized carbons (Fsp3) is 0.500. The average Bonchev–Trinajstić information content (AvgIpc) is 2.83. The molecule has 0 fully saturated rings. The predicted molar refractivity (Wildman–Crippen MR) is 148 cm³/mol. The average molecular weight is 532 g/mol. The van der Waals surface area contributed by atoms with Gasteiger partial charge in [0, 0.05) is 25.6 Å². The van der Waals surface area contributed by atoms with Crippen molar-refractivity contribution in [2.24, 2.45) is 0 Å². The first-order chi connectivity index (χ1) is 17.3. The lowest BCUT2D eigenvalue weighted by molar-refractivity contribution is -0.140. The number of carbonyl (C=O) groups excluding carboxylic acids is 2. The molecule has 8 nitrogen and oxygen atoms in total. The predicted octanol–water partition coefficient (Wildman–Crippen LogP) is 4.19. The first-order valence-corrected chi connectivity index (χ1v) is 14.5. The molecule has 37 heavy (non-hydrogen) atoms. The summed E-state index contributed by atoms with van der Waals surface area (Å²) < 4.78 is 31.7. The van der Waals surface area contributed by atoms with Crippen molar-refractivity contribution in [3.8, 4) is 5.75 Å². The number of hydrogen-bond donors (Lipinski definition) is 1. The molecule has 0 saturated heterocycles. The fourth-order valence-electron chi connectivity index (χ4n) is 4.07. The third-order valence-corrected chi connectivity index (χ3v) is 7.52. The van der Waals surface area contributed by atoms with E-state index in [1.807, 2.05) is 70.2 Å². The van der Waals surface area contributed by atoms with E-state index in [0.717, 1.165) is 23.1 Å². The van der Waals surface area contributed by atoms with Gasteiger partial charge in [0.15, 0.2) is 0 Å². The molecule has 0 aromatic heterocycles. The van der Waals surface area contributed by atoms with Gasteiger partial charge in [0.25, 0.3) is 0 Å². The van der Waals surface area contributed by atoms with Gasteiger partial charge in [0.2, 0.25) is 21.8 Å². The second kappa shape index (κ2) is 13.5. The molecule has 2 atom stereocenters. The lowest BCUT2D eigenvalue weighted by Gasteiger charge is -2.30. The molecule has 0 saturated carbocycles. The minimum Gasteiger partial charge on any atom is -0.497 e. The molecule has 2 amide bonds. The van der Waals surface area contributed by atoms with Gasteiger partial charge < -0.3 is 15.0 Å². The van der Waals surface area contributed by atoms with Crippen LogP contribution in [0.5, 0.6) is 5.75 Å². The Kier molecular flexibility index (Phi) is 11.0. The van der Waals surface area contributed by atoms with Gasteiger partial charge in [-0.15, -0.1) is 0 Å². The molecule has 0 heterocycles. The molecule has 1 N–H and O–H groups in total. The lowest BCUT2D eigenvalue weighted by Crippen LogP contribution is -2.49. The normalized spacial score (nSPS) is 12.9. The van der Waals surface area contributed by atoms with Crippen LogP contribution >= 0.6 is 0 Å². The first-order valence-electron chi connectivity index (χ1n) is 12.6. The monoisotopic (exact) mass is 531 g/mol. The molecule has 9 heteroatoms. The van der Waals surface area contributed by atoms with E-state index in [2.05, 4.69) is 5.32 Å². The third-order valence-electron chi connectivity index (χ3n) is 6.33. The molecule has 0 unspecified atom stereocenters. The zero-order valence-electron chi connectivity index (χ0n) is 23.1. The van der Waals surface area contributed by atoms with E-state index in [1.54, 1.807) is 18.9 Å². The second-order valence-corrected chi connectivity index (χ2v) is 11.6. The summed E-state index contributed by atoms with van der Waals surface area (Å²) in [5.41, 5.74) is 3.38. The van der Waals surface area contributed by atoms with Crippen LogP contribution in [0, 0.1) is 13.8 Å². The van der Waals surface area contributed by atoms with Crippen LogP contribution in [0.25, 0.3) is 0 Å². The maximum absolute atomic E-state index is 13.4. The number of benzene rings is 2. The zero-order chi connectivity index (χ0) is 27.8. The number of rotatable bonds is 13. The number of nitrogens with one attached hydrogen (secondary N) is 1. The molecule has 2 aromatic carbocycles. The van der Waals surface area contributed by atoms with Crippen LogP contribution < -0.4 is 14.4 Å². The van der Waals surface area contributed by atoms with Crippen molar-refractivity contribution in [3.63, 3.8) is 0 Å². The third kappa shape index (κ3) is 9.07. The van der Waals surface area contributed by atoms with E-state index in [1.165, 1.54) is 10.6 Å². The quantitative estimate of drug-likeness (QED) is 0.418. The van der Waals surface area contributed by atoms with Crippen molar-refractivity contribution in [2.75, 3.05) is 24.2 Å². The Balaban J connectivity index is 2.20. The highest BCUT2D eigenvalue weighted by atomic mass is 32.2. The summed E-state index contributed by atoms with van der Waals surface area (Å²) in [4.78, 5) is 27.9. The Morgan fingerprint density at radius 1 is 1.03 bits per heavy atom. The number of amides is 2. The number of hydrogen-bond acceptors (Lipinski definition) is 5. The van der Waals surface area contributed by atoms with Crippen LogP contribution in [0.3, 0.4) is 0 Å². The van der Waals surface area contributed by atoms with E-state index < -0.39 is 16.1 Å². The van der Waals surface area contributed by atoms with Crippen LogP contribution in [0.2, 0.25) is 0 Å². The minimum absolute atomic E-state index is 0.00556. The van der Waals surface area contributed by atoms with Gasteiger partial charge in [-0.3, -0.25) is 13.9 Å². The van der Waals surface area contributed by atoms with Crippen LogP contribution in [0.4, 0.5) is 5.69 Å². The van der Waals surface area contributed by atoms with E-state index >= 15 is 0 Å². The molecule has 2 aromatic rings. The van der Waals surface area contributed by atoms with Crippen molar-refractivity contribution < 1.29 is 22.7 Å². The van der Waals surface area contributed by atoms with Gasteiger partial charge in [-0.05, 0) is 81.5 Å². The van der Waals surface area contributed by atoms with Gasteiger partial charge in [0.1, 0.15) is 11.8 Å². The summed E-state index contributed by atoms with van der Waals surface area (Å²) in [7, 11) is -1.95. The summed E-state index contributed by atoms with van der Waals surface area (Å²) in [6.45, 7) is 9.89. The molecule has 0 bridgehead atoms. The SMILES string of the molecule is CC[C@H](C)NC(=O)[C@H](C)N(Cc1ccc(OC)cc1)C(=O)CCCN(c1cc(C)cc(C)c1)S(C)(=O)=O. The van der Waals surface area contributed by atoms with Gasteiger partial charge >= 0.3 is 0 Å². The van der Waals surface area contributed by atoms with E-state index in [4.69, 9.17) is 4.74 Å². The molecule has 0 radical (unpaired) electrons. The van der Waals surface area contributed by atoms with Crippen LogP contribution in [-0.4, -0.2) is 57.1 Å². The summed E-state index contributed by atoms with van der Waals surface area (Å²) in [5, 5.41) is 2.95. The number of carbonyl (C=O) groups is 2. The number of aryl methyl sites for hydroxylation is 2. The molecular formula is C28H41N3O5S. The van der Waals surface area contributed by atoms with Crippen molar-refractivity contribution >= 4 is 27.5 Å². The largest absolute Gasteiger partial charge is 0.497 e. The summed E-state index contributed by atoms with van der Waals surface area (Å²) in [6.07, 6.45) is 2.38. The first kappa shape index (κ1) is 30.2. The van der Waals surface area contributed by atoms with Gasteiger partial charge in [-0.2, -0.15) is 0 Å². The van der Waals surface area contributed by atoms with Crippen molar-refractivity contribution in [1.29, 1.82) is 0 Å². The Bertz CT molecular complexity index is 1140. The van der Waals surface area contributed by atoms with Crippen LogP contribution in [-0.2, 0) is 26.2 Å². The Hall–Kier alpha value is -3.07. The van der Waals surface area contributed by atoms with Crippen molar-refractivity contribution in [1.82, 2.24) is 10.2 Å². The molecule has 0 spiro atoms. The number of ether oxygens (including phenoxy) is 1. The Labute approximate surface area is 222 Å². The number of anilines is 1. The summed E-state index contributed by atoms with van der Waals surface area (Å²) >= 11 is 0. The molecular weight excluding hydrogens is 490 g/mol. The molecule has 0 aliphatic rings. The number of methoxy groups -OCH3 is 1. The van der Waals surface area contributed by atoms with E-state index in [9.17, 15) is 18.0 Å². The highest BCUT2D eigenvalue weighted by Crippen LogP contribution is 2.22. The maximum atomic E-state index is 13.4. The minimum atomic E-state index is -3.54. The molecule has 0 aliphatic heterocycles. The Morgan fingerprint density at radius 3 is 2.14 bits per heavy atom. The van der Waals surface area contributed by atoms with Gasteiger partial charge in [0.05, 0.1) is 19.1 Å². The highest BCUT2D eigenvalue weighted by Gasteiger charge is 2.27. The van der Waals surface area contributed by atoms with Crippen molar-refractivity contribution in [3.05, 3.63) is 59.2 Å². The van der Waals surface area contributed by atoms with E-state index in [0.29, 0.717) is 17.9 Å². The smallest absolute Gasteiger partial charge is 0.242 e. The van der Waals surface area contributed by atoms with Gasteiger partial charge in [-0.1, -0.05) is 25.1 Å². The maximum Gasteiger partial charge on any atom is 0.242 e. The lowest BCUT2D eigenvalue weighted by atomic mass is 10.1. The Morgan fingerprint density at radius 2 is 1.62 bits per heavy atom. The molecule has 204 valence electrons. The molecule has 2 rings (SSSR count). The van der Waals surface area contributed by atoms with Crippen LogP contribution in [0.15, 0.2) is 42.5 Å². The zero-order valence-corrected chi connectivity index (χ0v) is 23.9. The summed E-state index contributed by atoms with van der Waals surface area (Å²) in [6, 6.07) is 12.3. The summed E-state index contributed by atoms with van der Waals surface area (Å²) in [5.74, 6) is 0.275. The van der Waals surface area contributed by atoms with Crippen molar-refractivity contribution in [2.45, 2.75) is 72.5 Å².